The van der Waals surface area contributed by atoms with Gasteiger partial charge in [0.25, 0.3) is 10.0 Å². The van der Waals surface area contributed by atoms with Crippen LogP contribution < -0.4 is 14.8 Å². The predicted molar refractivity (Wildman–Crippen MR) is 192 cm³/mol. The van der Waals surface area contributed by atoms with Gasteiger partial charge in [0, 0.05) is 35.7 Å². The lowest BCUT2D eigenvalue weighted by atomic mass is 9.43. The van der Waals surface area contributed by atoms with Crippen LogP contribution in [0.3, 0.4) is 0 Å². The quantitative estimate of drug-likeness (QED) is 0.117. The van der Waals surface area contributed by atoms with Crippen molar-refractivity contribution < 1.29 is 27.5 Å². The largest absolute Gasteiger partial charge is 0.478 e. The van der Waals surface area contributed by atoms with Gasteiger partial charge in [-0.25, -0.2) is 32.9 Å². The number of rotatable bonds is 13. The lowest BCUT2D eigenvalue weighted by Crippen LogP contribution is -2.55. The first-order valence-electron chi connectivity index (χ1n) is 17.1. The molecule has 3 aliphatic rings. The molecule has 0 amide bonds. The molecule has 2 bridgehead atoms. The molecular formula is C38H42N6O6S. The highest BCUT2D eigenvalue weighted by molar-refractivity contribution is 7.92. The van der Waals surface area contributed by atoms with Crippen molar-refractivity contribution in [2.24, 2.45) is 11.3 Å². The van der Waals surface area contributed by atoms with Gasteiger partial charge in [-0.3, -0.25) is 0 Å². The van der Waals surface area contributed by atoms with Gasteiger partial charge in [-0.2, -0.15) is 4.98 Å². The molecule has 51 heavy (non-hydrogen) atoms. The van der Waals surface area contributed by atoms with Crippen molar-refractivity contribution in [1.82, 2.24) is 25.3 Å². The number of hydrogen-bond acceptors (Lipinski definition) is 10. The van der Waals surface area contributed by atoms with Gasteiger partial charge in [0.2, 0.25) is 17.5 Å². The Kier molecular flexibility index (Phi) is 8.83. The molecule has 266 valence electrons. The van der Waals surface area contributed by atoms with Crippen molar-refractivity contribution in [2.75, 3.05) is 11.3 Å². The van der Waals surface area contributed by atoms with E-state index in [0.717, 1.165) is 52.1 Å². The van der Waals surface area contributed by atoms with E-state index in [-0.39, 0.29) is 40.4 Å². The molecule has 0 unspecified atom stereocenters. The summed E-state index contributed by atoms with van der Waals surface area (Å²) in [5.41, 5.74) is 5.27. The van der Waals surface area contributed by atoms with E-state index in [1.807, 2.05) is 38.1 Å². The lowest BCUT2D eigenvalue weighted by molar-refractivity contribution is -0.119. The fourth-order valence-corrected chi connectivity index (χ4v) is 8.23. The molecule has 13 heteroatoms. The number of nitrogens with zero attached hydrogens (tertiary/aromatic N) is 4. The Morgan fingerprint density at radius 1 is 1.04 bits per heavy atom. The second-order valence-electron chi connectivity index (χ2n) is 15.1. The third kappa shape index (κ3) is 7.31. The summed E-state index contributed by atoms with van der Waals surface area (Å²) in [4.78, 5) is 29.7. The van der Waals surface area contributed by atoms with E-state index in [1.54, 1.807) is 12.3 Å². The van der Waals surface area contributed by atoms with E-state index in [4.69, 9.17) is 14.1 Å². The number of benzene rings is 2. The van der Waals surface area contributed by atoms with Crippen LogP contribution in [0, 0.1) is 25.2 Å². The predicted octanol–water partition coefficient (Wildman–Crippen LogP) is 6.82. The summed E-state index contributed by atoms with van der Waals surface area (Å²) in [6, 6.07) is 14.6. The number of anilines is 1. The van der Waals surface area contributed by atoms with Crippen LogP contribution in [0.4, 0.5) is 5.95 Å². The molecule has 3 aromatic heterocycles. The molecule has 3 heterocycles. The molecule has 0 spiro atoms. The number of carbonyl (C=O) groups is 1. The number of carboxylic acids is 1. The minimum absolute atomic E-state index is 0.0456. The van der Waals surface area contributed by atoms with E-state index in [0.29, 0.717) is 23.4 Å². The van der Waals surface area contributed by atoms with Gasteiger partial charge in [-0.1, -0.05) is 45.0 Å². The fourth-order valence-electron chi connectivity index (χ4n) is 7.24. The van der Waals surface area contributed by atoms with Gasteiger partial charge in [-0.05, 0) is 80.2 Å². The van der Waals surface area contributed by atoms with Gasteiger partial charge in [0.05, 0.1) is 28.0 Å². The Morgan fingerprint density at radius 2 is 1.76 bits per heavy atom. The standard InChI is InChI=1S/C38H42N6O6S/c1-22-8-6-9-23(2)33(22)29-14-32(43-36(42-29)44-51(47,48)28-11-7-10-25(12-28)35(45)46)49-21-26(18-38-15-24(16-38)17-38)39-19-27-20-40-34-30(41-27)13-31(50-34)37(3,4)5/h6-14,20,24,26,39H,15-19,21H2,1-5H3,(H,45,46)(H,42,43,44)/t24?,26-,38?/m1/s1. The Morgan fingerprint density at radius 3 is 2.43 bits per heavy atom. The zero-order valence-corrected chi connectivity index (χ0v) is 30.2. The maximum Gasteiger partial charge on any atom is 0.335 e. The van der Waals surface area contributed by atoms with E-state index in [1.165, 1.54) is 37.5 Å². The molecule has 0 aliphatic heterocycles. The van der Waals surface area contributed by atoms with Gasteiger partial charge < -0.3 is 19.6 Å². The molecule has 0 saturated heterocycles. The molecule has 3 N–H and O–H groups in total. The van der Waals surface area contributed by atoms with E-state index in [9.17, 15) is 18.3 Å². The second-order valence-corrected chi connectivity index (χ2v) is 16.8. The Labute approximate surface area is 297 Å². The Bertz CT molecular complexity index is 2210. The normalized spacial score (nSPS) is 18.9. The average molecular weight is 711 g/mol. The Balaban J connectivity index is 1.15. The summed E-state index contributed by atoms with van der Waals surface area (Å²) in [5, 5.41) is 13.1. The number of aryl methyl sites for hydroxylation is 2. The molecule has 0 radical (unpaired) electrons. The topological polar surface area (TPSA) is 169 Å². The van der Waals surface area contributed by atoms with Crippen LogP contribution in [0.2, 0.25) is 0 Å². The third-order valence-corrected chi connectivity index (χ3v) is 11.3. The molecule has 3 fully saturated rings. The number of aromatic nitrogens is 4. The van der Waals surface area contributed by atoms with Crippen LogP contribution in [-0.4, -0.2) is 52.1 Å². The summed E-state index contributed by atoms with van der Waals surface area (Å²) < 4.78 is 41.6. The molecule has 12 nitrogen and oxygen atoms in total. The van der Waals surface area contributed by atoms with Gasteiger partial charge in [0.1, 0.15) is 17.9 Å². The zero-order valence-electron chi connectivity index (χ0n) is 29.4. The number of aromatic carboxylic acids is 1. The number of sulfonamides is 1. The van der Waals surface area contributed by atoms with Crippen molar-refractivity contribution in [3.63, 3.8) is 0 Å². The summed E-state index contributed by atoms with van der Waals surface area (Å²) in [6.07, 6.45) is 6.32. The van der Waals surface area contributed by atoms with E-state index < -0.39 is 16.0 Å². The Hall–Kier alpha value is -4.88. The van der Waals surface area contributed by atoms with Crippen LogP contribution in [0.5, 0.6) is 5.88 Å². The van der Waals surface area contributed by atoms with Crippen LogP contribution in [0.25, 0.3) is 22.5 Å². The maximum atomic E-state index is 13.4. The SMILES string of the molecule is Cc1cccc(C)c1-c1cc(OC[C@@H](CC23CC(C2)C3)NCc2cnc3oc(C(C)(C)C)cc3n2)nc(NS(=O)(=O)c2cccc(C(=O)O)c2)n1. The summed E-state index contributed by atoms with van der Waals surface area (Å²) in [7, 11) is -4.24. The van der Waals surface area contributed by atoms with Gasteiger partial charge in [-0.15, -0.1) is 0 Å². The molecule has 1 atom stereocenters. The van der Waals surface area contributed by atoms with Crippen molar-refractivity contribution in [1.29, 1.82) is 0 Å². The lowest BCUT2D eigenvalue weighted by Gasteiger charge is -2.63. The maximum absolute atomic E-state index is 13.4. The minimum Gasteiger partial charge on any atom is -0.478 e. The molecular weight excluding hydrogens is 669 g/mol. The number of ether oxygens (including phenoxy) is 1. The molecule has 2 aromatic carbocycles. The zero-order chi connectivity index (χ0) is 36.1. The van der Waals surface area contributed by atoms with Crippen LogP contribution in [-0.2, 0) is 22.0 Å². The molecule has 8 rings (SSSR count). The van der Waals surface area contributed by atoms with E-state index >= 15 is 0 Å². The number of hydrogen-bond donors (Lipinski definition) is 3. The highest BCUT2D eigenvalue weighted by Crippen LogP contribution is 2.66. The van der Waals surface area contributed by atoms with Crippen molar-refractivity contribution in [2.45, 2.75) is 83.2 Å². The van der Waals surface area contributed by atoms with Crippen molar-refractivity contribution >= 4 is 33.2 Å². The second kappa shape index (κ2) is 13.0. The monoisotopic (exact) mass is 710 g/mol. The average Bonchev–Trinajstić information content (AvgIpc) is 3.47. The molecule has 5 aromatic rings. The summed E-state index contributed by atoms with van der Waals surface area (Å²) >= 11 is 0. The molecule has 3 saturated carbocycles. The van der Waals surface area contributed by atoms with Crippen molar-refractivity contribution in [3.8, 4) is 17.1 Å². The minimum atomic E-state index is -4.24. The highest BCUT2D eigenvalue weighted by Gasteiger charge is 2.56. The van der Waals surface area contributed by atoms with E-state index in [2.05, 4.69) is 45.8 Å². The fraction of sp³-hybridized carbons (Fsp3) is 0.395. The highest BCUT2D eigenvalue weighted by atomic mass is 32.2. The smallest absolute Gasteiger partial charge is 0.335 e. The van der Waals surface area contributed by atoms with Crippen LogP contribution in [0.15, 0.2) is 70.1 Å². The third-order valence-electron chi connectivity index (χ3n) is 9.93. The summed E-state index contributed by atoms with van der Waals surface area (Å²) in [6.45, 7) is 10.9. The summed E-state index contributed by atoms with van der Waals surface area (Å²) in [5.74, 6) is 0.442. The van der Waals surface area contributed by atoms with Crippen molar-refractivity contribution in [3.05, 3.63) is 88.9 Å². The van der Waals surface area contributed by atoms with Crippen LogP contribution in [0.1, 0.15) is 79.4 Å². The first-order valence-corrected chi connectivity index (χ1v) is 18.6. The van der Waals surface area contributed by atoms with Gasteiger partial charge >= 0.3 is 5.97 Å². The van der Waals surface area contributed by atoms with Gasteiger partial charge in [0.15, 0.2) is 0 Å². The first-order chi connectivity index (χ1) is 24.2. The number of nitrogens with one attached hydrogen (secondary N) is 2. The number of carboxylic acid groups (broad SMARTS) is 1. The molecule has 3 aliphatic carbocycles. The van der Waals surface area contributed by atoms with Crippen LogP contribution >= 0.6 is 0 Å². The number of fused-ring (bicyclic) bond motifs is 1. The number of furan rings is 1. The first kappa shape index (κ1) is 34.6.